The highest BCUT2D eigenvalue weighted by molar-refractivity contribution is 5.94. The van der Waals surface area contributed by atoms with E-state index in [1.807, 2.05) is 25.1 Å². The zero-order chi connectivity index (χ0) is 27.1. The van der Waals surface area contributed by atoms with Gasteiger partial charge in [-0.1, -0.05) is 37.6 Å². The smallest absolute Gasteiger partial charge is 0.347 e. The van der Waals surface area contributed by atoms with Crippen molar-refractivity contribution in [2.24, 2.45) is 5.73 Å². The zero-order valence-electron chi connectivity index (χ0n) is 21.7. The number of ether oxygens (including phenoxy) is 5. The predicted octanol–water partition coefficient (Wildman–Crippen LogP) is 5.71. The second-order valence-corrected chi connectivity index (χ2v) is 8.56. The first-order valence-electron chi connectivity index (χ1n) is 12.5. The summed E-state index contributed by atoms with van der Waals surface area (Å²) in [5, 5.41) is 9.88. The molecule has 38 heavy (non-hydrogen) atoms. The Kier molecular flexibility index (Phi) is 8.39. The summed E-state index contributed by atoms with van der Waals surface area (Å²) in [5.41, 5.74) is 8.23. The van der Waals surface area contributed by atoms with Gasteiger partial charge in [0.2, 0.25) is 5.88 Å². The van der Waals surface area contributed by atoms with Crippen molar-refractivity contribution in [3.8, 4) is 34.8 Å². The second-order valence-electron chi connectivity index (χ2n) is 8.56. The third-order valence-corrected chi connectivity index (χ3v) is 6.08. The first-order chi connectivity index (χ1) is 18.5. The summed E-state index contributed by atoms with van der Waals surface area (Å²) in [4.78, 5) is 13.0. The zero-order valence-corrected chi connectivity index (χ0v) is 21.7. The molecule has 196 valence electrons. The molecule has 8 nitrogen and oxygen atoms in total. The average molecular weight is 515 g/mol. The minimum absolute atomic E-state index is 0.0176. The van der Waals surface area contributed by atoms with E-state index in [2.05, 4.69) is 13.0 Å². The molecule has 0 fully saturated rings. The van der Waals surface area contributed by atoms with Crippen LogP contribution in [0.15, 0.2) is 72.1 Å². The molecule has 0 bridgehead atoms. The molecule has 0 saturated heterocycles. The van der Waals surface area contributed by atoms with Gasteiger partial charge in [-0.25, -0.2) is 4.79 Å². The van der Waals surface area contributed by atoms with Gasteiger partial charge in [0.1, 0.15) is 34.5 Å². The number of carbonyl (C=O) groups excluding carboxylic acids is 1. The van der Waals surface area contributed by atoms with E-state index in [-0.39, 0.29) is 17.2 Å². The number of nitrogens with two attached hydrogens (primary N) is 1. The van der Waals surface area contributed by atoms with Gasteiger partial charge in [-0.2, -0.15) is 5.26 Å². The number of unbranched alkanes of at least 4 members (excludes halogenated alkanes) is 1. The summed E-state index contributed by atoms with van der Waals surface area (Å²) in [5.74, 6) is 1.19. The van der Waals surface area contributed by atoms with Gasteiger partial charge in [-0.15, -0.1) is 0 Å². The van der Waals surface area contributed by atoms with Gasteiger partial charge in [0.05, 0.1) is 26.2 Å². The Morgan fingerprint density at radius 1 is 1.03 bits per heavy atom. The van der Waals surface area contributed by atoms with Crippen LogP contribution < -0.4 is 29.4 Å². The highest BCUT2D eigenvalue weighted by atomic mass is 16.5. The van der Waals surface area contributed by atoms with Crippen LogP contribution in [-0.4, -0.2) is 26.3 Å². The van der Waals surface area contributed by atoms with E-state index in [4.69, 9.17) is 29.4 Å². The van der Waals surface area contributed by atoms with Crippen LogP contribution in [0.3, 0.4) is 0 Å². The van der Waals surface area contributed by atoms with Gasteiger partial charge >= 0.3 is 5.97 Å². The van der Waals surface area contributed by atoms with E-state index in [0.29, 0.717) is 47.3 Å². The topological polar surface area (TPSA) is 113 Å². The highest BCUT2D eigenvalue weighted by Crippen LogP contribution is 2.45. The van der Waals surface area contributed by atoms with Crippen LogP contribution in [0.25, 0.3) is 0 Å². The molecule has 1 atom stereocenters. The molecule has 0 radical (unpaired) electrons. The first-order valence-corrected chi connectivity index (χ1v) is 12.5. The SMILES string of the molecule is CCCCOc1ccccc1C(=O)Oc1ccc2c(c1)OC(N)=C(C#N)C2c1ccc(OCC)c(OC)c1. The molecule has 1 aliphatic rings. The minimum Gasteiger partial charge on any atom is -0.493 e. The Balaban J connectivity index is 1.65. The van der Waals surface area contributed by atoms with Crippen LogP contribution in [0.5, 0.6) is 28.7 Å². The van der Waals surface area contributed by atoms with Crippen LogP contribution in [0.2, 0.25) is 0 Å². The standard InChI is InChI=1S/C30H30N2O6/c1-4-6-15-36-24-10-8-7-9-22(24)30(33)37-20-12-13-21-26(17-20)38-29(32)23(18-31)28(21)19-11-14-25(35-5-2)27(16-19)34-3/h7-14,16-17,28H,4-6,15,32H2,1-3H3. The van der Waals surface area contributed by atoms with Crippen molar-refractivity contribution >= 4 is 5.97 Å². The molecule has 0 amide bonds. The number of para-hydroxylation sites is 1. The lowest BCUT2D eigenvalue weighted by Crippen LogP contribution is -2.21. The summed E-state index contributed by atoms with van der Waals surface area (Å²) in [6, 6.07) is 19.6. The van der Waals surface area contributed by atoms with Crippen molar-refractivity contribution in [2.45, 2.75) is 32.6 Å². The van der Waals surface area contributed by atoms with Crippen LogP contribution in [0.4, 0.5) is 0 Å². The van der Waals surface area contributed by atoms with Crippen LogP contribution in [-0.2, 0) is 0 Å². The number of nitriles is 1. The number of benzene rings is 3. The lowest BCUT2D eigenvalue weighted by molar-refractivity contribution is 0.0730. The van der Waals surface area contributed by atoms with Crippen molar-refractivity contribution in [2.75, 3.05) is 20.3 Å². The van der Waals surface area contributed by atoms with Crippen LogP contribution in [0.1, 0.15) is 54.1 Å². The normalized spacial score (nSPS) is 14.1. The average Bonchev–Trinajstić information content (AvgIpc) is 2.93. The van der Waals surface area contributed by atoms with Crippen molar-refractivity contribution in [1.29, 1.82) is 5.26 Å². The third-order valence-electron chi connectivity index (χ3n) is 6.08. The summed E-state index contributed by atoms with van der Waals surface area (Å²) in [7, 11) is 1.56. The molecular formula is C30H30N2O6. The van der Waals surface area contributed by atoms with E-state index in [0.717, 1.165) is 18.4 Å². The Morgan fingerprint density at radius 2 is 1.84 bits per heavy atom. The molecule has 3 aromatic carbocycles. The fraction of sp³-hybridized carbons (Fsp3) is 0.267. The summed E-state index contributed by atoms with van der Waals surface area (Å²) < 4.78 is 28.4. The molecule has 1 aliphatic heterocycles. The van der Waals surface area contributed by atoms with Crippen molar-refractivity contribution in [3.63, 3.8) is 0 Å². The maximum Gasteiger partial charge on any atom is 0.347 e. The lowest BCUT2D eigenvalue weighted by Gasteiger charge is -2.27. The summed E-state index contributed by atoms with van der Waals surface area (Å²) >= 11 is 0. The van der Waals surface area contributed by atoms with E-state index in [9.17, 15) is 10.1 Å². The first kappa shape index (κ1) is 26.4. The molecule has 2 N–H and O–H groups in total. The van der Waals surface area contributed by atoms with Crippen molar-refractivity contribution in [1.82, 2.24) is 0 Å². The summed E-state index contributed by atoms with van der Waals surface area (Å²) in [6.45, 7) is 4.96. The van der Waals surface area contributed by atoms with Gasteiger partial charge in [-0.05, 0) is 49.2 Å². The largest absolute Gasteiger partial charge is 0.493 e. The van der Waals surface area contributed by atoms with Crippen molar-refractivity contribution < 1.29 is 28.5 Å². The maximum atomic E-state index is 13.0. The molecule has 4 rings (SSSR count). The lowest BCUT2D eigenvalue weighted by atomic mass is 9.83. The van der Waals surface area contributed by atoms with E-state index in [1.165, 1.54) is 0 Å². The van der Waals surface area contributed by atoms with Gasteiger partial charge in [0.25, 0.3) is 0 Å². The highest BCUT2D eigenvalue weighted by Gasteiger charge is 2.32. The maximum absolute atomic E-state index is 13.0. The van der Waals surface area contributed by atoms with E-state index < -0.39 is 11.9 Å². The predicted molar refractivity (Wildman–Crippen MR) is 142 cm³/mol. The number of methoxy groups -OCH3 is 1. The van der Waals surface area contributed by atoms with E-state index >= 15 is 0 Å². The molecule has 1 heterocycles. The van der Waals surface area contributed by atoms with Crippen molar-refractivity contribution in [3.05, 3.63) is 88.8 Å². The quantitative estimate of drug-likeness (QED) is 0.208. The Morgan fingerprint density at radius 3 is 2.58 bits per heavy atom. The fourth-order valence-electron chi connectivity index (χ4n) is 4.23. The number of carbonyl (C=O) groups is 1. The van der Waals surface area contributed by atoms with Gasteiger partial charge < -0.3 is 29.4 Å². The number of allylic oxidation sites excluding steroid dienone is 1. The minimum atomic E-state index is -0.554. The van der Waals surface area contributed by atoms with Crippen LogP contribution >= 0.6 is 0 Å². The number of esters is 1. The molecule has 0 aromatic heterocycles. The number of rotatable bonds is 10. The summed E-state index contributed by atoms with van der Waals surface area (Å²) in [6.07, 6.45) is 1.86. The number of hydrogen-bond donors (Lipinski definition) is 1. The second kappa shape index (κ2) is 12.1. The van der Waals surface area contributed by atoms with Gasteiger partial charge in [-0.3, -0.25) is 0 Å². The van der Waals surface area contributed by atoms with E-state index in [1.54, 1.807) is 49.6 Å². The molecule has 0 aliphatic carbocycles. The molecule has 0 saturated carbocycles. The monoisotopic (exact) mass is 514 g/mol. The molecule has 3 aromatic rings. The Hall–Kier alpha value is -4.64. The molecular weight excluding hydrogens is 484 g/mol. The molecule has 8 heteroatoms. The van der Waals surface area contributed by atoms with Crippen LogP contribution in [0, 0.1) is 11.3 Å². The number of nitrogens with zero attached hydrogens (tertiary/aromatic N) is 1. The van der Waals surface area contributed by atoms with Gasteiger partial charge in [0.15, 0.2) is 11.5 Å². The van der Waals surface area contributed by atoms with Gasteiger partial charge in [0, 0.05) is 11.6 Å². The molecule has 1 unspecified atom stereocenters. The fourth-order valence-corrected chi connectivity index (χ4v) is 4.23. The number of hydrogen-bond acceptors (Lipinski definition) is 8. The Bertz CT molecular complexity index is 1390. The Labute approximate surface area is 222 Å². The third kappa shape index (κ3) is 5.52. The molecule has 0 spiro atoms. The number of fused-ring (bicyclic) bond motifs is 1.